The van der Waals surface area contributed by atoms with E-state index in [2.05, 4.69) is 28.6 Å². The summed E-state index contributed by atoms with van der Waals surface area (Å²) in [7, 11) is 0. The Kier molecular flexibility index (Phi) is 14.0. The molecule has 0 aromatic heterocycles. The monoisotopic (exact) mass is 479 g/mol. The van der Waals surface area contributed by atoms with Gasteiger partial charge in [0.25, 0.3) is 0 Å². The molecule has 11 nitrogen and oxygen atoms in total. The van der Waals surface area contributed by atoms with Crippen molar-refractivity contribution in [3.8, 4) is 0 Å². The first kappa shape index (κ1) is 29.0. The van der Waals surface area contributed by atoms with Crippen molar-refractivity contribution in [1.29, 1.82) is 0 Å². The molecule has 0 aromatic rings. The maximum Gasteiger partial charge on any atom is 0.326 e. The summed E-state index contributed by atoms with van der Waals surface area (Å²) in [6.07, 6.45) is 1.92. The third kappa shape index (κ3) is 11.3. The van der Waals surface area contributed by atoms with E-state index in [0.29, 0.717) is 12.2 Å². The maximum absolute atomic E-state index is 12.7. The van der Waals surface area contributed by atoms with Crippen molar-refractivity contribution in [2.45, 2.75) is 57.3 Å². The fourth-order valence-corrected chi connectivity index (χ4v) is 3.19. The SMILES string of the molecule is CSCCC(N)C(=O)NC(C(=O)NC(CS)C(=O)NC(CCC(N)=O)C(=O)O)C(C)C. The number of aliphatic carboxylic acids is 1. The van der Waals surface area contributed by atoms with Gasteiger partial charge < -0.3 is 32.5 Å². The van der Waals surface area contributed by atoms with Crippen molar-refractivity contribution in [3.63, 3.8) is 0 Å². The van der Waals surface area contributed by atoms with Gasteiger partial charge in [0.15, 0.2) is 0 Å². The summed E-state index contributed by atoms with van der Waals surface area (Å²) in [4.78, 5) is 59.6. The lowest BCUT2D eigenvalue weighted by molar-refractivity contribution is -0.142. The van der Waals surface area contributed by atoms with Gasteiger partial charge in [0.05, 0.1) is 6.04 Å². The second kappa shape index (κ2) is 14.9. The number of amides is 4. The van der Waals surface area contributed by atoms with Gasteiger partial charge in [0, 0.05) is 12.2 Å². The highest BCUT2D eigenvalue weighted by atomic mass is 32.2. The van der Waals surface area contributed by atoms with E-state index in [1.807, 2.05) is 6.26 Å². The molecule has 0 bridgehead atoms. The number of nitrogens with one attached hydrogen (secondary N) is 3. The molecule has 0 aliphatic heterocycles. The van der Waals surface area contributed by atoms with E-state index in [1.54, 1.807) is 25.6 Å². The van der Waals surface area contributed by atoms with Gasteiger partial charge in [-0.15, -0.1) is 0 Å². The minimum Gasteiger partial charge on any atom is -0.480 e. The molecule has 0 rings (SSSR count). The number of thiol groups is 1. The van der Waals surface area contributed by atoms with Crippen LogP contribution in [0.25, 0.3) is 0 Å². The van der Waals surface area contributed by atoms with E-state index in [-0.39, 0.29) is 24.5 Å². The number of thioether (sulfide) groups is 1. The largest absolute Gasteiger partial charge is 0.480 e. The van der Waals surface area contributed by atoms with Gasteiger partial charge in [0.1, 0.15) is 18.1 Å². The Morgan fingerprint density at radius 1 is 0.968 bits per heavy atom. The molecule has 0 fully saturated rings. The Hall–Kier alpha value is -1.99. The topological polar surface area (TPSA) is 194 Å². The first-order valence-electron chi connectivity index (χ1n) is 9.72. The molecule has 31 heavy (non-hydrogen) atoms. The third-order valence-electron chi connectivity index (χ3n) is 4.33. The van der Waals surface area contributed by atoms with Gasteiger partial charge >= 0.3 is 5.97 Å². The molecule has 178 valence electrons. The van der Waals surface area contributed by atoms with Crippen molar-refractivity contribution in [1.82, 2.24) is 16.0 Å². The highest BCUT2D eigenvalue weighted by Gasteiger charge is 2.31. The molecule has 8 N–H and O–H groups in total. The highest BCUT2D eigenvalue weighted by molar-refractivity contribution is 7.98. The molecule has 4 unspecified atom stereocenters. The Bertz CT molecular complexity index is 649. The molecule has 0 aliphatic carbocycles. The lowest BCUT2D eigenvalue weighted by atomic mass is 10.0. The molecule has 0 heterocycles. The van der Waals surface area contributed by atoms with Crippen molar-refractivity contribution < 1.29 is 29.1 Å². The van der Waals surface area contributed by atoms with E-state index >= 15 is 0 Å². The number of carbonyl (C=O) groups is 5. The van der Waals surface area contributed by atoms with E-state index in [0.717, 1.165) is 0 Å². The van der Waals surface area contributed by atoms with E-state index in [1.165, 1.54) is 0 Å². The van der Waals surface area contributed by atoms with Gasteiger partial charge in [0.2, 0.25) is 23.6 Å². The molecule has 0 saturated carbocycles. The maximum atomic E-state index is 12.7. The average Bonchev–Trinajstić information content (AvgIpc) is 2.69. The summed E-state index contributed by atoms with van der Waals surface area (Å²) >= 11 is 5.59. The van der Waals surface area contributed by atoms with Crippen LogP contribution in [0.5, 0.6) is 0 Å². The quantitative estimate of drug-likeness (QED) is 0.137. The van der Waals surface area contributed by atoms with Crippen LogP contribution in [0.1, 0.15) is 33.1 Å². The third-order valence-corrected chi connectivity index (χ3v) is 5.34. The van der Waals surface area contributed by atoms with Crippen molar-refractivity contribution in [2.24, 2.45) is 17.4 Å². The number of nitrogens with two attached hydrogens (primary N) is 2. The Morgan fingerprint density at radius 3 is 2.00 bits per heavy atom. The van der Waals surface area contributed by atoms with Crippen LogP contribution in [0.4, 0.5) is 0 Å². The van der Waals surface area contributed by atoms with Crippen molar-refractivity contribution in [2.75, 3.05) is 17.8 Å². The molecule has 0 aromatic carbocycles. The van der Waals surface area contributed by atoms with E-state index in [9.17, 15) is 29.1 Å². The predicted molar refractivity (Wildman–Crippen MR) is 122 cm³/mol. The number of carboxylic acids is 1. The predicted octanol–water partition coefficient (Wildman–Crippen LogP) is -1.54. The van der Waals surface area contributed by atoms with Gasteiger partial charge in [-0.3, -0.25) is 19.2 Å². The summed E-state index contributed by atoms with van der Waals surface area (Å²) in [5, 5.41) is 16.5. The summed E-state index contributed by atoms with van der Waals surface area (Å²) in [5.41, 5.74) is 10.9. The van der Waals surface area contributed by atoms with Crippen LogP contribution in [0, 0.1) is 5.92 Å². The van der Waals surface area contributed by atoms with Crippen LogP contribution in [0.15, 0.2) is 0 Å². The number of carbonyl (C=O) groups excluding carboxylic acids is 4. The fraction of sp³-hybridized carbons (Fsp3) is 0.722. The molecule has 0 spiro atoms. The normalized spacial score (nSPS) is 14.8. The molecule has 0 radical (unpaired) electrons. The smallest absolute Gasteiger partial charge is 0.326 e. The van der Waals surface area contributed by atoms with Crippen LogP contribution in [0.3, 0.4) is 0 Å². The van der Waals surface area contributed by atoms with Crippen LogP contribution in [-0.4, -0.2) is 76.6 Å². The second-order valence-corrected chi connectivity index (χ2v) is 8.62. The lowest BCUT2D eigenvalue weighted by Gasteiger charge is -2.26. The molecular weight excluding hydrogens is 446 g/mol. The van der Waals surface area contributed by atoms with Gasteiger partial charge in [-0.25, -0.2) is 4.79 Å². The first-order valence-corrected chi connectivity index (χ1v) is 11.7. The fourth-order valence-electron chi connectivity index (χ4n) is 2.44. The van der Waals surface area contributed by atoms with Gasteiger partial charge in [-0.1, -0.05) is 13.8 Å². The second-order valence-electron chi connectivity index (χ2n) is 7.27. The number of carboxylic acid groups (broad SMARTS) is 1. The Labute approximate surface area is 191 Å². The molecule has 4 atom stereocenters. The van der Waals surface area contributed by atoms with Gasteiger partial charge in [-0.05, 0) is 30.8 Å². The molecule has 4 amide bonds. The zero-order chi connectivity index (χ0) is 24.1. The van der Waals surface area contributed by atoms with Crippen LogP contribution in [-0.2, 0) is 24.0 Å². The van der Waals surface area contributed by atoms with Crippen molar-refractivity contribution in [3.05, 3.63) is 0 Å². The number of hydrogen-bond donors (Lipinski definition) is 7. The average molecular weight is 480 g/mol. The van der Waals surface area contributed by atoms with Crippen molar-refractivity contribution >= 4 is 54.0 Å². The van der Waals surface area contributed by atoms with E-state index < -0.39 is 53.8 Å². The highest BCUT2D eigenvalue weighted by Crippen LogP contribution is 2.06. The summed E-state index contributed by atoms with van der Waals surface area (Å²) in [6.45, 7) is 3.44. The number of hydrogen-bond acceptors (Lipinski definition) is 8. The van der Waals surface area contributed by atoms with Crippen LogP contribution in [0.2, 0.25) is 0 Å². The van der Waals surface area contributed by atoms with Crippen LogP contribution < -0.4 is 27.4 Å². The van der Waals surface area contributed by atoms with E-state index in [4.69, 9.17) is 11.5 Å². The lowest BCUT2D eigenvalue weighted by Crippen LogP contribution is -2.59. The molecule has 13 heteroatoms. The number of rotatable bonds is 15. The minimum atomic E-state index is -1.35. The van der Waals surface area contributed by atoms with Gasteiger partial charge in [-0.2, -0.15) is 24.4 Å². The zero-order valence-electron chi connectivity index (χ0n) is 17.9. The van der Waals surface area contributed by atoms with Crippen LogP contribution >= 0.6 is 24.4 Å². The standard InChI is InChI=1S/C18H33N5O6S2/c1-9(2)14(23-15(25)10(19)6-7-31-3)17(27)22-12(8-30)16(26)21-11(18(28)29)4-5-13(20)24/h9-12,14,30H,4-8,19H2,1-3H3,(H2,20,24)(H,21,26)(H,22,27)(H,23,25)(H,28,29). The summed E-state index contributed by atoms with van der Waals surface area (Å²) < 4.78 is 0. The molecule has 0 aliphatic rings. The zero-order valence-corrected chi connectivity index (χ0v) is 19.6. The summed E-state index contributed by atoms with van der Waals surface area (Å²) in [6, 6.07) is -4.23. The minimum absolute atomic E-state index is 0.119. The Balaban J connectivity index is 5.11. The summed E-state index contributed by atoms with van der Waals surface area (Å²) in [5.74, 6) is -3.67. The number of primary amides is 1. The molecular formula is C18H33N5O6S2. The Morgan fingerprint density at radius 2 is 1.55 bits per heavy atom. The first-order chi connectivity index (χ1) is 14.4. The molecule has 0 saturated heterocycles.